The summed E-state index contributed by atoms with van der Waals surface area (Å²) >= 11 is 0. The van der Waals surface area contributed by atoms with E-state index in [-0.39, 0.29) is 0 Å². The van der Waals surface area contributed by atoms with Gasteiger partial charge in [0.25, 0.3) is 0 Å². The standard InChI is InChI=1S/C24H28N4OS2/c1-28(15-18-7-9-19(10-8-18)16-31-30-3)23-20-11-12-22(29-2)27-24(20)26-14-21(23)25-13-17-5-4-6-17/h7-14,25H,4-6,15-16H2,1-3H3. The highest BCUT2D eigenvalue weighted by Gasteiger charge is 2.16. The summed E-state index contributed by atoms with van der Waals surface area (Å²) in [5.74, 6) is 1.60. The number of aromatic nitrogens is 2. The van der Waals surface area contributed by atoms with Crippen molar-refractivity contribution in [3.63, 3.8) is 0 Å². The van der Waals surface area contributed by atoms with E-state index in [9.17, 15) is 0 Å². The lowest BCUT2D eigenvalue weighted by Crippen LogP contribution is -2.18. The second kappa shape index (κ2) is 10.3. The lowest BCUT2D eigenvalue weighted by atomic mass is 9.93. The largest absolute Gasteiger partial charge is 0.481 e. The van der Waals surface area contributed by atoms with Crippen molar-refractivity contribution < 1.29 is 4.74 Å². The van der Waals surface area contributed by atoms with Crippen molar-refractivity contribution in [2.75, 3.05) is 30.6 Å². The Bertz CT molecular complexity index is 1060. The maximum atomic E-state index is 5.30. The fraction of sp³-hybridized carbons (Fsp3) is 0.333. The van der Waals surface area contributed by atoms with E-state index in [1.54, 1.807) is 17.9 Å². The summed E-state index contributed by atoms with van der Waals surface area (Å²) in [6.45, 7) is 0.798. The van der Waals surface area contributed by atoms with Crippen LogP contribution in [0.1, 0.15) is 30.4 Å². The van der Waals surface area contributed by atoms with Crippen LogP contribution in [0.15, 0.2) is 54.4 Å². The number of fused-ring (bicyclic) bond motifs is 1. The first-order valence-corrected chi connectivity index (χ1v) is 13.1. The molecule has 3 aromatic rings. The number of hydrogen-bond acceptors (Lipinski definition) is 7. The summed E-state index contributed by atoms with van der Waals surface area (Å²) in [4.78, 5) is 11.4. The van der Waals surface area contributed by atoms with Crippen LogP contribution in [0.2, 0.25) is 0 Å². The Morgan fingerprint density at radius 3 is 2.58 bits per heavy atom. The van der Waals surface area contributed by atoms with E-state index in [0.29, 0.717) is 11.5 Å². The quantitative estimate of drug-likeness (QED) is 0.384. The molecule has 1 saturated carbocycles. The highest BCUT2D eigenvalue weighted by atomic mass is 33.1. The van der Waals surface area contributed by atoms with Gasteiger partial charge in [0.05, 0.1) is 24.7 Å². The van der Waals surface area contributed by atoms with Crippen LogP contribution >= 0.6 is 21.6 Å². The third-order valence-electron chi connectivity index (χ3n) is 5.48. The highest BCUT2D eigenvalue weighted by Crippen LogP contribution is 2.35. The molecule has 0 unspecified atom stereocenters. The number of rotatable bonds is 9. The SMILES string of the molecule is COc1ccc2c(N(C)Cc3ccc(CSSC)cc3)c(NC=C3CCC3)cnc2n1. The molecule has 31 heavy (non-hydrogen) atoms. The second-order valence-electron chi connectivity index (χ2n) is 7.65. The summed E-state index contributed by atoms with van der Waals surface area (Å²) in [5, 5.41) is 4.51. The minimum atomic E-state index is 0.574. The normalized spacial score (nSPS) is 13.1. The molecule has 2 heterocycles. The average Bonchev–Trinajstić information content (AvgIpc) is 2.76. The number of ether oxygens (including phenoxy) is 1. The Hall–Kier alpha value is -2.38. The second-order valence-corrected chi connectivity index (χ2v) is 10.2. The zero-order chi connectivity index (χ0) is 21.6. The van der Waals surface area contributed by atoms with E-state index in [1.165, 1.54) is 36.0 Å². The van der Waals surface area contributed by atoms with Crippen LogP contribution in [0, 0.1) is 0 Å². The Morgan fingerprint density at radius 2 is 1.90 bits per heavy atom. The molecule has 0 spiro atoms. The first-order valence-electron chi connectivity index (χ1n) is 10.4. The number of hydrogen-bond donors (Lipinski definition) is 1. The predicted octanol–water partition coefficient (Wildman–Crippen LogP) is 6.27. The topological polar surface area (TPSA) is 50.3 Å². The van der Waals surface area contributed by atoms with Crippen LogP contribution in [0.3, 0.4) is 0 Å². The van der Waals surface area contributed by atoms with Gasteiger partial charge in [-0.3, -0.25) is 0 Å². The first-order chi connectivity index (χ1) is 15.2. The summed E-state index contributed by atoms with van der Waals surface area (Å²) in [6.07, 6.45) is 9.77. The molecule has 1 aromatic carbocycles. The van der Waals surface area contributed by atoms with E-state index in [1.807, 2.05) is 29.1 Å². The molecule has 0 atom stereocenters. The highest BCUT2D eigenvalue weighted by molar-refractivity contribution is 8.76. The maximum absolute atomic E-state index is 5.30. The molecule has 1 aliphatic carbocycles. The van der Waals surface area contributed by atoms with Gasteiger partial charge in [-0.1, -0.05) is 51.4 Å². The van der Waals surface area contributed by atoms with Gasteiger partial charge in [-0.15, -0.1) is 0 Å². The summed E-state index contributed by atoms with van der Waals surface area (Å²) in [6, 6.07) is 12.8. The van der Waals surface area contributed by atoms with Gasteiger partial charge in [0.1, 0.15) is 0 Å². The van der Waals surface area contributed by atoms with Crippen LogP contribution in [0.5, 0.6) is 5.88 Å². The number of benzene rings is 1. The Balaban J connectivity index is 1.63. The molecule has 2 aromatic heterocycles. The molecule has 0 amide bonds. The van der Waals surface area contributed by atoms with Crippen LogP contribution in [-0.4, -0.2) is 30.4 Å². The Kier molecular flexibility index (Phi) is 7.25. The molecule has 7 heteroatoms. The molecule has 4 rings (SSSR count). The van der Waals surface area contributed by atoms with Crippen LogP contribution in [0.25, 0.3) is 11.0 Å². The molecule has 5 nitrogen and oxygen atoms in total. The Labute approximate surface area is 192 Å². The van der Waals surface area contributed by atoms with Crippen molar-refractivity contribution in [2.24, 2.45) is 0 Å². The van der Waals surface area contributed by atoms with Crippen LogP contribution in [0.4, 0.5) is 11.4 Å². The molecular formula is C24H28N4OS2. The lowest BCUT2D eigenvalue weighted by Gasteiger charge is -2.25. The van der Waals surface area contributed by atoms with Gasteiger partial charge in [0.15, 0.2) is 5.65 Å². The molecule has 1 N–H and O–H groups in total. The van der Waals surface area contributed by atoms with Crippen LogP contribution < -0.4 is 15.0 Å². The van der Waals surface area contributed by atoms with Crippen molar-refractivity contribution >= 4 is 44.0 Å². The number of pyridine rings is 2. The van der Waals surface area contributed by atoms with Crippen molar-refractivity contribution in [1.82, 2.24) is 9.97 Å². The summed E-state index contributed by atoms with van der Waals surface area (Å²) in [7, 11) is 7.42. The third kappa shape index (κ3) is 5.28. The average molecular weight is 453 g/mol. The van der Waals surface area contributed by atoms with Crippen molar-refractivity contribution in [2.45, 2.75) is 31.6 Å². The number of methoxy groups -OCH3 is 1. The maximum Gasteiger partial charge on any atom is 0.215 e. The van der Waals surface area contributed by atoms with Gasteiger partial charge in [-0.2, -0.15) is 4.98 Å². The molecular weight excluding hydrogens is 424 g/mol. The first kappa shape index (κ1) is 21.8. The van der Waals surface area contributed by atoms with Gasteiger partial charge in [-0.05, 0) is 42.7 Å². The number of nitrogens with one attached hydrogen (secondary N) is 1. The van der Waals surface area contributed by atoms with Crippen molar-refractivity contribution in [3.05, 3.63) is 65.5 Å². The van der Waals surface area contributed by atoms with Gasteiger partial charge in [-0.25, -0.2) is 4.98 Å². The van der Waals surface area contributed by atoms with Gasteiger partial charge < -0.3 is 15.0 Å². The van der Waals surface area contributed by atoms with Gasteiger partial charge in [0, 0.05) is 37.0 Å². The Morgan fingerprint density at radius 1 is 1.13 bits per heavy atom. The zero-order valence-electron chi connectivity index (χ0n) is 18.2. The van der Waals surface area contributed by atoms with E-state index in [4.69, 9.17) is 4.74 Å². The van der Waals surface area contributed by atoms with Gasteiger partial charge >= 0.3 is 0 Å². The number of anilines is 2. The third-order valence-corrected chi connectivity index (χ3v) is 7.23. The molecule has 0 saturated heterocycles. The number of nitrogens with zero attached hydrogens (tertiary/aromatic N) is 3. The predicted molar refractivity (Wildman–Crippen MR) is 135 cm³/mol. The minimum absolute atomic E-state index is 0.574. The molecule has 1 fully saturated rings. The molecule has 0 bridgehead atoms. The minimum Gasteiger partial charge on any atom is -0.481 e. The van der Waals surface area contributed by atoms with Gasteiger partial charge in [0.2, 0.25) is 5.88 Å². The fourth-order valence-corrected chi connectivity index (χ4v) is 4.81. The number of allylic oxidation sites excluding steroid dienone is 1. The molecule has 162 valence electrons. The molecule has 0 aliphatic heterocycles. The molecule has 0 radical (unpaired) electrons. The van der Waals surface area contributed by atoms with Crippen molar-refractivity contribution in [3.8, 4) is 5.88 Å². The molecule has 1 aliphatic rings. The summed E-state index contributed by atoms with van der Waals surface area (Å²) in [5.41, 5.74) is 6.86. The monoisotopic (exact) mass is 452 g/mol. The van der Waals surface area contributed by atoms with E-state index < -0.39 is 0 Å². The van der Waals surface area contributed by atoms with E-state index >= 15 is 0 Å². The van der Waals surface area contributed by atoms with Crippen LogP contribution in [-0.2, 0) is 12.3 Å². The van der Waals surface area contributed by atoms with Crippen molar-refractivity contribution in [1.29, 1.82) is 0 Å². The fourth-order valence-electron chi connectivity index (χ4n) is 3.60. The zero-order valence-corrected chi connectivity index (χ0v) is 19.9. The lowest BCUT2D eigenvalue weighted by molar-refractivity contribution is 0.399. The smallest absolute Gasteiger partial charge is 0.215 e. The summed E-state index contributed by atoms with van der Waals surface area (Å²) < 4.78 is 5.30. The van der Waals surface area contributed by atoms with E-state index in [0.717, 1.165) is 29.1 Å². The van der Waals surface area contributed by atoms with E-state index in [2.05, 4.69) is 64.0 Å².